The van der Waals surface area contributed by atoms with Crippen LogP contribution in [-0.2, 0) is 41.9 Å². The Balaban J connectivity index is 1.29. The van der Waals surface area contributed by atoms with E-state index in [-0.39, 0.29) is 50.6 Å². The molecule has 2 atom stereocenters. The molecule has 2 aromatic carbocycles. The van der Waals surface area contributed by atoms with Crippen molar-refractivity contribution in [3.8, 4) is 0 Å². The molecule has 3 fully saturated rings. The SMILES string of the molecule is NC(=O)C1CCC(C(=O)N(c2cccc3c2CN(C2CCC(=O)NC2=O)C3=O)c2cccc3c2CN(C2CCC(=O)NC2=O)C3=O)CC1. The van der Waals surface area contributed by atoms with Crippen molar-refractivity contribution in [3.05, 3.63) is 58.7 Å². The molecule has 4 aliphatic heterocycles. The van der Waals surface area contributed by atoms with Crippen LogP contribution in [0.15, 0.2) is 36.4 Å². The lowest BCUT2D eigenvalue weighted by Crippen LogP contribution is -2.52. The first-order chi connectivity index (χ1) is 23.0. The summed E-state index contributed by atoms with van der Waals surface area (Å²) >= 11 is 0. The molecule has 5 aliphatic rings. The van der Waals surface area contributed by atoms with E-state index >= 15 is 0 Å². The summed E-state index contributed by atoms with van der Waals surface area (Å²) in [5.74, 6) is -4.20. The van der Waals surface area contributed by atoms with Crippen LogP contribution in [-0.4, -0.2) is 69.1 Å². The van der Waals surface area contributed by atoms with Gasteiger partial charge in [0.05, 0.1) is 11.4 Å². The molecule has 7 rings (SSSR count). The van der Waals surface area contributed by atoms with Crippen LogP contribution in [0.2, 0.25) is 0 Å². The van der Waals surface area contributed by atoms with Crippen LogP contribution >= 0.6 is 0 Å². The normalized spacial score (nSPS) is 25.4. The zero-order valence-corrected chi connectivity index (χ0v) is 26.0. The second kappa shape index (κ2) is 12.0. The topological polar surface area (TPSA) is 196 Å². The second-order valence-corrected chi connectivity index (χ2v) is 13.0. The summed E-state index contributed by atoms with van der Waals surface area (Å²) in [4.78, 5) is 108. The second-order valence-electron chi connectivity index (χ2n) is 13.0. The molecule has 2 saturated heterocycles. The number of nitrogens with zero attached hydrogens (tertiary/aromatic N) is 3. The summed E-state index contributed by atoms with van der Waals surface area (Å²) in [6.45, 7) is 0.0380. The fraction of sp³-hybridized carbons (Fsp3) is 0.412. The van der Waals surface area contributed by atoms with Gasteiger partial charge in [0.1, 0.15) is 12.1 Å². The van der Waals surface area contributed by atoms with Crippen molar-refractivity contribution in [2.24, 2.45) is 17.6 Å². The monoisotopic (exact) mass is 654 g/mol. The van der Waals surface area contributed by atoms with Crippen LogP contribution in [0.4, 0.5) is 11.4 Å². The molecule has 8 amide bonds. The van der Waals surface area contributed by atoms with E-state index in [9.17, 15) is 38.4 Å². The largest absolute Gasteiger partial charge is 0.369 e. The van der Waals surface area contributed by atoms with Gasteiger partial charge in [0.15, 0.2) is 0 Å². The van der Waals surface area contributed by atoms with Gasteiger partial charge in [-0.25, -0.2) is 0 Å². The predicted octanol–water partition coefficient (Wildman–Crippen LogP) is 1.17. The van der Waals surface area contributed by atoms with Crippen molar-refractivity contribution >= 4 is 58.6 Å². The Morgan fingerprint density at radius 1 is 0.646 bits per heavy atom. The number of nitrogens with one attached hydrogen (secondary N) is 2. The number of amides is 8. The van der Waals surface area contributed by atoms with Crippen LogP contribution < -0.4 is 21.3 Å². The average Bonchev–Trinajstić information content (AvgIpc) is 3.58. The number of carbonyl (C=O) groups excluding carboxylic acids is 8. The highest BCUT2D eigenvalue weighted by molar-refractivity contribution is 6.11. The van der Waals surface area contributed by atoms with Crippen molar-refractivity contribution in [1.29, 1.82) is 0 Å². The first-order valence-electron chi connectivity index (χ1n) is 16.2. The van der Waals surface area contributed by atoms with Crippen LogP contribution in [0.25, 0.3) is 0 Å². The lowest BCUT2D eigenvalue weighted by Gasteiger charge is -2.34. The number of imide groups is 2. The molecule has 2 unspecified atom stereocenters. The highest BCUT2D eigenvalue weighted by Gasteiger charge is 2.44. The van der Waals surface area contributed by atoms with Crippen molar-refractivity contribution < 1.29 is 38.4 Å². The molecule has 0 radical (unpaired) electrons. The number of fused-ring (bicyclic) bond motifs is 2. The van der Waals surface area contributed by atoms with Gasteiger partial charge >= 0.3 is 0 Å². The molecule has 4 heterocycles. The maximum atomic E-state index is 14.7. The summed E-state index contributed by atoms with van der Waals surface area (Å²) in [5.41, 5.74) is 8.08. The van der Waals surface area contributed by atoms with Gasteiger partial charge in [-0.2, -0.15) is 0 Å². The fourth-order valence-corrected chi connectivity index (χ4v) is 7.73. The number of rotatable bonds is 6. The zero-order valence-electron chi connectivity index (χ0n) is 26.0. The van der Waals surface area contributed by atoms with E-state index in [1.807, 2.05) is 0 Å². The number of primary amides is 1. The van der Waals surface area contributed by atoms with Gasteiger partial charge in [-0.3, -0.25) is 53.9 Å². The van der Waals surface area contributed by atoms with Crippen LogP contribution in [0.1, 0.15) is 83.2 Å². The number of hydrogen-bond acceptors (Lipinski definition) is 8. The van der Waals surface area contributed by atoms with Crippen molar-refractivity contribution in [1.82, 2.24) is 20.4 Å². The predicted molar refractivity (Wildman–Crippen MR) is 167 cm³/mol. The lowest BCUT2D eigenvalue weighted by atomic mass is 9.80. The van der Waals surface area contributed by atoms with Crippen LogP contribution in [0, 0.1) is 11.8 Å². The van der Waals surface area contributed by atoms with Crippen molar-refractivity contribution in [2.75, 3.05) is 4.90 Å². The maximum Gasteiger partial charge on any atom is 0.255 e. The first-order valence-corrected chi connectivity index (χ1v) is 16.2. The Morgan fingerprint density at radius 3 is 1.50 bits per heavy atom. The molecule has 248 valence electrons. The fourth-order valence-electron chi connectivity index (χ4n) is 7.73. The quantitative estimate of drug-likeness (QED) is 0.386. The molecule has 48 heavy (non-hydrogen) atoms. The number of benzene rings is 2. The number of anilines is 2. The summed E-state index contributed by atoms with van der Waals surface area (Å²) in [7, 11) is 0. The van der Waals surface area contributed by atoms with Gasteiger partial charge < -0.3 is 15.5 Å². The van der Waals surface area contributed by atoms with Gasteiger partial charge in [-0.05, 0) is 62.8 Å². The minimum atomic E-state index is -0.857. The number of hydrogen-bond donors (Lipinski definition) is 3. The Bertz CT molecular complexity index is 1710. The lowest BCUT2D eigenvalue weighted by molar-refractivity contribution is -0.138. The molecule has 2 aromatic rings. The van der Waals surface area contributed by atoms with E-state index < -0.39 is 59.4 Å². The molecular formula is C34H34N6O8. The van der Waals surface area contributed by atoms with Crippen LogP contribution in [0.3, 0.4) is 0 Å². The molecule has 14 heteroatoms. The molecule has 4 N–H and O–H groups in total. The van der Waals surface area contributed by atoms with Gasteiger partial charge in [0, 0.05) is 60.0 Å². The highest BCUT2D eigenvalue weighted by atomic mass is 16.2. The highest BCUT2D eigenvalue weighted by Crippen LogP contribution is 2.43. The van der Waals surface area contributed by atoms with Crippen molar-refractivity contribution in [2.45, 2.75) is 76.5 Å². The minimum absolute atomic E-state index is 0.0190. The van der Waals surface area contributed by atoms with E-state index in [4.69, 9.17) is 5.73 Å². The summed E-state index contributed by atoms with van der Waals surface area (Å²) < 4.78 is 0. The minimum Gasteiger partial charge on any atom is -0.369 e. The standard InChI is InChI=1S/C34H34N6O8/c35-29(43)17-7-9-18(10-8-17)32(46)40(23-5-1-3-19-21(23)15-38(33(19)47)25-11-13-27(41)36-30(25)44)24-6-2-4-20-22(24)16-39(34(20)48)26-12-14-28(42)37-31(26)45/h1-6,17-18,25-26H,7-16H2,(H2,35,43)(H,36,41,44)(H,37,42,45). The Morgan fingerprint density at radius 2 is 1.08 bits per heavy atom. The van der Waals surface area contributed by atoms with E-state index in [2.05, 4.69) is 10.6 Å². The molecular weight excluding hydrogens is 620 g/mol. The molecule has 1 saturated carbocycles. The third-order valence-electron chi connectivity index (χ3n) is 10.3. The molecule has 0 spiro atoms. The number of carbonyl (C=O) groups is 8. The molecule has 0 bridgehead atoms. The van der Waals surface area contributed by atoms with Crippen molar-refractivity contribution in [3.63, 3.8) is 0 Å². The van der Waals surface area contributed by atoms with Crippen LogP contribution in [0.5, 0.6) is 0 Å². The van der Waals surface area contributed by atoms with E-state index in [1.54, 1.807) is 36.4 Å². The average molecular weight is 655 g/mol. The maximum absolute atomic E-state index is 14.7. The van der Waals surface area contributed by atoms with Gasteiger partial charge in [-0.15, -0.1) is 0 Å². The van der Waals surface area contributed by atoms with E-state index in [0.717, 1.165) is 0 Å². The van der Waals surface area contributed by atoms with Gasteiger partial charge in [0.2, 0.25) is 35.4 Å². The number of piperidine rings is 2. The molecule has 0 aromatic heterocycles. The smallest absolute Gasteiger partial charge is 0.255 e. The molecule has 14 nitrogen and oxygen atoms in total. The Labute approximate surface area is 274 Å². The number of nitrogens with two attached hydrogens (primary N) is 1. The zero-order chi connectivity index (χ0) is 33.9. The summed E-state index contributed by atoms with van der Waals surface area (Å²) in [6.07, 6.45) is 2.26. The van der Waals surface area contributed by atoms with Gasteiger partial charge in [0.25, 0.3) is 11.8 Å². The summed E-state index contributed by atoms with van der Waals surface area (Å²) in [5, 5.41) is 4.61. The third-order valence-corrected chi connectivity index (χ3v) is 10.3. The molecule has 1 aliphatic carbocycles. The first kappa shape index (κ1) is 31.2. The van der Waals surface area contributed by atoms with E-state index in [1.165, 1.54) is 14.7 Å². The van der Waals surface area contributed by atoms with Gasteiger partial charge in [-0.1, -0.05) is 12.1 Å². The Kier molecular flexibility index (Phi) is 7.80. The third kappa shape index (κ3) is 5.20. The van der Waals surface area contributed by atoms with E-state index in [0.29, 0.717) is 59.3 Å². The Hall–Kier alpha value is -5.40. The summed E-state index contributed by atoms with van der Waals surface area (Å²) in [6, 6.07) is 8.33.